The largest absolute Gasteiger partial charge is 0.463 e. The summed E-state index contributed by atoms with van der Waals surface area (Å²) in [6.07, 6.45) is 7.68. The highest BCUT2D eigenvalue weighted by atomic mass is 16.3. The summed E-state index contributed by atoms with van der Waals surface area (Å²) in [6, 6.07) is 7.32. The Kier molecular flexibility index (Phi) is 3.81. The van der Waals surface area contributed by atoms with Gasteiger partial charge in [-0.05, 0) is 23.6 Å². The van der Waals surface area contributed by atoms with Crippen LogP contribution < -0.4 is 5.43 Å². The van der Waals surface area contributed by atoms with Gasteiger partial charge in [0.15, 0.2) is 5.43 Å². The van der Waals surface area contributed by atoms with Gasteiger partial charge in [-0.1, -0.05) is 37.3 Å². The fourth-order valence-electron chi connectivity index (χ4n) is 2.11. The number of rotatable bonds is 1. The molecule has 2 nitrogen and oxygen atoms in total. The Bertz CT molecular complexity index is 705. The van der Waals surface area contributed by atoms with E-state index in [-0.39, 0.29) is 5.43 Å². The Morgan fingerprint density at radius 2 is 1.95 bits per heavy atom. The average molecular weight is 252 g/mol. The number of fused-ring (bicyclic) bond motifs is 1. The Balaban J connectivity index is 0.000000637. The molecular weight excluding hydrogens is 236 g/mol. The molecule has 3 rings (SSSR count). The van der Waals surface area contributed by atoms with Crippen LogP contribution in [0.5, 0.6) is 0 Å². The fourth-order valence-corrected chi connectivity index (χ4v) is 2.11. The lowest BCUT2D eigenvalue weighted by Crippen LogP contribution is -2.06. The monoisotopic (exact) mass is 252 g/mol. The van der Waals surface area contributed by atoms with Crippen LogP contribution >= 0.6 is 0 Å². The number of benzene rings is 1. The van der Waals surface area contributed by atoms with E-state index in [0.29, 0.717) is 22.5 Å². The van der Waals surface area contributed by atoms with Crippen LogP contribution in [0.25, 0.3) is 16.5 Å². The highest BCUT2D eigenvalue weighted by Gasteiger charge is 2.12. The van der Waals surface area contributed by atoms with E-state index in [1.807, 2.05) is 24.3 Å². The van der Waals surface area contributed by atoms with Crippen LogP contribution in [0.3, 0.4) is 0 Å². The summed E-state index contributed by atoms with van der Waals surface area (Å²) in [4.78, 5) is 12.3. The van der Waals surface area contributed by atoms with E-state index in [1.54, 1.807) is 12.3 Å². The fraction of sp³-hybridized carbons (Fsp3) is 0.118. The highest BCUT2D eigenvalue weighted by molar-refractivity contribution is 5.83. The van der Waals surface area contributed by atoms with Crippen LogP contribution in [0, 0.1) is 5.92 Å². The third-order valence-electron chi connectivity index (χ3n) is 3.01. The van der Waals surface area contributed by atoms with Gasteiger partial charge < -0.3 is 4.42 Å². The lowest BCUT2D eigenvalue weighted by atomic mass is 10.1. The van der Waals surface area contributed by atoms with Gasteiger partial charge in [0.05, 0.1) is 10.9 Å². The van der Waals surface area contributed by atoms with Crippen LogP contribution in [0.2, 0.25) is 0 Å². The van der Waals surface area contributed by atoms with Gasteiger partial charge in [-0.3, -0.25) is 4.79 Å². The Labute approximate surface area is 112 Å². The minimum absolute atomic E-state index is 0.0388. The molecule has 0 amide bonds. The van der Waals surface area contributed by atoms with Crippen molar-refractivity contribution in [3.05, 3.63) is 77.7 Å². The molecule has 1 heterocycles. The summed E-state index contributed by atoms with van der Waals surface area (Å²) in [5.74, 6) is 0.385. The second kappa shape index (κ2) is 5.53. The predicted molar refractivity (Wildman–Crippen MR) is 80.0 cm³/mol. The summed E-state index contributed by atoms with van der Waals surface area (Å²) >= 11 is 0. The van der Waals surface area contributed by atoms with Gasteiger partial charge in [0.25, 0.3) is 0 Å². The van der Waals surface area contributed by atoms with Crippen molar-refractivity contribution in [2.75, 3.05) is 0 Å². The topological polar surface area (TPSA) is 30.2 Å². The average Bonchev–Trinajstić information content (AvgIpc) is 2.88. The number of hydrogen-bond acceptors (Lipinski definition) is 2. The SMILES string of the molecule is C=C.CC1C=CC(c2coc3ccccc3c2=O)=C1. The first kappa shape index (κ1) is 13.1. The van der Waals surface area contributed by atoms with Crippen LogP contribution in [0.15, 0.2) is 71.1 Å². The summed E-state index contributed by atoms with van der Waals surface area (Å²) in [7, 11) is 0. The highest BCUT2D eigenvalue weighted by Crippen LogP contribution is 2.24. The zero-order valence-corrected chi connectivity index (χ0v) is 10.9. The molecule has 1 unspecified atom stereocenters. The normalized spacial score (nSPS) is 16.9. The van der Waals surface area contributed by atoms with Gasteiger partial charge >= 0.3 is 0 Å². The standard InChI is InChI=1S/C15H12O2.C2H4/c1-10-6-7-11(8-10)13-9-17-14-5-3-2-4-12(14)15(13)16;1-2/h2-10H,1H3;1-2H2. The molecule has 1 aromatic heterocycles. The van der Waals surface area contributed by atoms with Crippen LogP contribution in [-0.2, 0) is 0 Å². The maximum atomic E-state index is 12.3. The van der Waals surface area contributed by atoms with Crippen LogP contribution in [0.1, 0.15) is 12.5 Å². The Morgan fingerprint density at radius 3 is 2.63 bits per heavy atom. The van der Waals surface area contributed by atoms with Crippen molar-refractivity contribution < 1.29 is 4.42 Å². The molecule has 1 atom stereocenters. The minimum atomic E-state index is 0.0388. The summed E-state index contributed by atoms with van der Waals surface area (Å²) in [5, 5.41) is 0.638. The first-order chi connectivity index (χ1) is 9.25. The van der Waals surface area contributed by atoms with Crippen molar-refractivity contribution in [1.29, 1.82) is 0 Å². The van der Waals surface area contributed by atoms with E-state index < -0.39 is 0 Å². The molecule has 96 valence electrons. The molecule has 1 aliphatic rings. The molecule has 0 radical (unpaired) electrons. The van der Waals surface area contributed by atoms with Crippen LogP contribution in [0.4, 0.5) is 0 Å². The van der Waals surface area contributed by atoms with Gasteiger partial charge in [-0.15, -0.1) is 13.2 Å². The van der Waals surface area contributed by atoms with Crippen molar-refractivity contribution >= 4 is 16.5 Å². The maximum absolute atomic E-state index is 12.3. The molecular formula is C17H16O2. The maximum Gasteiger partial charge on any atom is 0.200 e. The second-order valence-corrected chi connectivity index (χ2v) is 4.31. The van der Waals surface area contributed by atoms with Crippen molar-refractivity contribution in [2.24, 2.45) is 5.92 Å². The van der Waals surface area contributed by atoms with Gasteiger partial charge in [-0.2, -0.15) is 0 Å². The molecule has 1 aliphatic carbocycles. The minimum Gasteiger partial charge on any atom is -0.463 e. The van der Waals surface area contributed by atoms with E-state index in [4.69, 9.17) is 4.42 Å². The number of hydrogen-bond donors (Lipinski definition) is 0. The molecule has 0 spiro atoms. The molecule has 0 saturated carbocycles. The van der Waals surface area contributed by atoms with Crippen molar-refractivity contribution in [1.82, 2.24) is 0 Å². The summed E-state index contributed by atoms with van der Waals surface area (Å²) in [5.41, 5.74) is 2.27. The van der Waals surface area contributed by atoms with Crippen molar-refractivity contribution in [3.63, 3.8) is 0 Å². The van der Waals surface area contributed by atoms with Gasteiger partial charge in [0.1, 0.15) is 11.8 Å². The molecule has 2 heteroatoms. The van der Waals surface area contributed by atoms with Gasteiger partial charge in [0, 0.05) is 0 Å². The third-order valence-corrected chi connectivity index (χ3v) is 3.01. The summed E-state index contributed by atoms with van der Waals surface area (Å²) in [6.45, 7) is 8.09. The second-order valence-electron chi connectivity index (χ2n) is 4.31. The van der Waals surface area contributed by atoms with Crippen molar-refractivity contribution in [3.8, 4) is 0 Å². The molecule has 0 fully saturated rings. The van der Waals surface area contributed by atoms with E-state index in [9.17, 15) is 4.79 Å². The third kappa shape index (κ3) is 2.43. The molecule has 1 aromatic carbocycles. The molecule has 0 N–H and O–H groups in total. The van der Waals surface area contributed by atoms with E-state index in [1.165, 1.54) is 0 Å². The smallest absolute Gasteiger partial charge is 0.200 e. The van der Waals surface area contributed by atoms with E-state index in [0.717, 1.165) is 5.57 Å². The molecule has 0 bridgehead atoms. The quantitative estimate of drug-likeness (QED) is 0.712. The number of allylic oxidation sites excluding steroid dienone is 4. The molecule has 0 aliphatic heterocycles. The molecule has 2 aromatic rings. The number of para-hydroxylation sites is 1. The Morgan fingerprint density at radius 1 is 1.21 bits per heavy atom. The van der Waals surface area contributed by atoms with Crippen molar-refractivity contribution in [2.45, 2.75) is 6.92 Å². The Hall–Kier alpha value is -2.35. The zero-order chi connectivity index (χ0) is 13.8. The van der Waals surface area contributed by atoms with E-state index in [2.05, 4.69) is 32.2 Å². The molecule has 19 heavy (non-hydrogen) atoms. The van der Waals surface area contributed by atoms with Gasteiger partial charge in [0.2, 0.25) is 0 Å². The van der Waals surface area contributed by atoms with Crippen LogP contribution in [-0.4, -0.2) is 0 Å². The predicted octanol–water partition coefficient (Wildman–Crippen LogP) is 4.18. The van der Waals surface area contributed by atoms with E-state index >= 15 is 0 Å². The summed E-state index contributed by atoms with van der Waals surface area (Å²) < 4.78 is 5.50. The molecule has 0 saturated heterocycles. The first-order valence-electron chi connectivity index (χ1n) is 6.16. The lowest BCUT2D eigenvalue weighted by molar-refractivity contribution is 0.600. The lowest BCUT2D eigenvalue weighted by Gasteiger charge is -2.01. The zero-order valence-electron chi connectivity index (χ0n) is 10.9. The first-order valence-corrected chi connectivity index (χ1v) is 6.16. The van der Waals surface area contributed by atoms with Gasteiger partial charge in [-0.25, -0.2) is 0 Å².